The minimum atomic E-state index is 0.0840. The molecule has 1 aliphatic carbocycles. The van der Waals surface area contributed by atoms with Crippen molar-refractivity contribution < 1.29 is 5.11 Å². The van der Waals surface area contributed by atoms with Crippen LogP contribution in [0.1, 0.15) is 51.3 Å². The highest BCUT2D eigenvalue weighted by atomic mass is 16.3. The van der Waals surface area contributed by atoms with Gasteiger partial charge in [-0.2, -0.15) is 5.10 Å². The Balaban J connectivity index is 1.93. The molecule has 0 bridgehead atoms. The summed E-state index contributed by atoms with van der Waals surface area (Å²) in [5.41, 5.74) is 2.92. The highest BCUT2D eigenvalue weighted by Crippen LogP contribution is 2.47. The molecule has 19 heavy (non-hydrogen) atoms. The van der Waals surface area contributed by atoms with Gasteiger partial charge in [-0.05, 0) is 24.7 Å². The summed E-state index contributed by atoms with van der Waals surface area (Å²) < 4.78 is 1.90. The topological polar surface area (TPSA) is 50.1 Å². The average Bonchev–Trinajstić information content (AvgIpc) is 2.93. The van der Waals surface area contributed by atoms with Gasteiger partial charge in [-0.1, -0.05) is 20.8 Å². The van der Waals surface area contributed by atoms with E-state index in [1.54, 1.807) is 0 Å². The first-order valence-electron chi connectivity index (χ1n) is 7.21. The number of hydrogen-bond acceptors (Lipinski definition) is 3. The quantitative estimate of drug-likeness (QED) is 0.827. The highest BCUT2D eigenvalue weighted by molar-refractivity contribution is 5.23. The largest absolute Gasteiger partial charge is 0.396 e. The molecule has 1 fully saturated rings. The summed E-state index contributed by atoms with van der Waals surface area (Å²) in [6.45, 7) is 8.79. The number of aryl methyl sites for hydroxylation is 1. The van der Waals surface area contributed by atoms with Crippen molar-refractivity contribution in [1.29, 1.82) is 0 Å². The molecule has 0 aromatic carbocycles. The zero-order valence-electron chi connectivity index (χ0n) is 12.7. The number of nitrogens with zero attached hydrogens (tertiary/aromatic N) is 2. The van der Waals surface area contributed by atoms with Gasteiger partial charge >= 0.3 is 0 Å². The van der Waals surface area contributed by atoms with Crippen molar-refractivity contribution in [1.82, 2.24) is 15.1 Å². The van der Waals surface area contributed by atoms with Gasteiger partial charge in [0.25, 0.3) is 0 Å². The van der Waals surface area contributed by atoms with E-state index in [4.69, 9.17) is 5.11 Å². The van der Waals surface area contributed by atoms with Crippen LogP contribution in [0.5, 0.6) is 0 Å². The maximum Gasteiger partial charge on any atom is 0.0722 e. The second-order valence-corrected chi connectivity index (χ2v) is 7.00. The fourth-order valence-corrected chi connectivity index (χ4v) is 2.69. The van der Waals surface area contributed by atoms with Crippen LogP contribution in [0.3, 0.4) is 0 Å². The first kappa shape index (κ1) is 14.5. The number of hydrogen-bond donors (Lipinski definition) is 2. The van der Waals surface area contributed by atoms with Gasteiger partial charge in [0.2, 0.25) is 0 Å². The summed E-state index contributed by atoms with van der Waals surface area (Å²) in [5.74, 6) is 0. The molecule has 0 saturated heterocycles. The van der Waals surface area contributed by atoms with Crippen molar-refractivity contribution >= 4 is 0 Å². The third-order valence-corrected chi connectivity index (χ3v) is 4.03. The van der Waals surface area contributed by atoms with E-state index in [1.807, 2.05) is 11.7 Å². The molecule has 4 heteroatoms. The van der Waals surface area contributed by atoms with Crippen LogP contribution in [-0.4, -0.2) is 28.0 Å². The third-order valence-electron chi connectivity index (χ3n) is 4.03. The Morgan fingerprint density at radius 3 is 2.63 bits per heavy atom. The first-order chi connectivity index (χ1) is 8.86. The summed E-state index contributed by atoms with van der Waals surface area (Å²) in [4.78, 5) is 0. The Labute approximate surface area is 116 Å². The van der Waals surface area contributed by atoms with E-state index in [0.29, 0.717) is 12.0 Å². The molecule has 0 unspecified atom stereocenters. The minimum absolute atomic E-state index is 0.0840. The molecule has 1 aliphatic rings. The number of nitrogens with one attached hydrogen (secondary N) is 1. The van der Waals surface area contributed by atoms with Crippen LogP contribution in [0, 0.1) is 5.41 Å². The van der Waals surface area contributed by atoms with Gasteiger partial charge in [0.05, 0.1) is 5.69 Å². The molecule has 0 atom stereocenters. The number of aromatic nitrogens is 2. The van der Waals surface area contributed by atoms with Crippen LogP contribution < -0.4 is 5.32 Å². The molecule has 0 spiro atoms. The first-order valence-corrected chi connectivity index (χ1v) is 7.21. The number of aliphatic hydroxyl groups is 1. The molecular formula is C15H27N3O. The standard InChI is InChI=1S/C15H27N3O/c1-14(2,3)13-12(10-18(4)17-13)9-16-11-15(5-6-15)7-8-19/h10,16,19H,5-9,11H2,1-4H3. The molecule has 1 heterocycles. The fourth-order valence-electron chi connectivity index (χ4n) is 2.69. The lowest BCUT2D eigenvalue weighted by atomic mass is 9.89. The van der Waals surface area contributed by atoms with Crippen molar-refractivity contribution in [2.45, 2.75) is 52.0 Å². The molecule has 4 nitrogen and oxygen atoms in total. The van der Waals surface area contributed by atoms with E-state index >= 15 is 0 Å². The lowest BCUT2D eigenvalue weighted by Crippen LogP contribution is -2.25. The number of rotatable bonds is 6. The van der Waals surface area contributed by atoms with Gasteiger partial charge in [-0.3, -0.25) is 4.68 Å². The second-order valence-electron chi connectivity index (χ2n) is 7.00. The van der Waals surface area contributed by atoms with E-state index in [1.165, 1.54) is 24.1 Å². The molecule has 1 aromatic rings. The summed E-state index contributed by atoms with van der Waals surface area (Å²) in [6, 6.07) is 0. The smallest absolute Gasteiger partial charge is 0.0722 e. The van der Waals surface area contributed by atoms with Crippen molar-refractivity contribution in [2.24, 2.45) is 12.5 Å². The van der Waals surface area contributed by atoms with E-state index in [9.17, 15) is 0 Å². The fraction of sp³-hybridized carbons (Fsp3) is 0.800. The van der Waals surface area contributed by atoms with Crippen LogP contribution in [0.4, 0.5) is 0 Å². The third kappa shape index (κ3) is 3.57. The minimum Gasteiger partial charge on any atom is -0.396 e. The SMILES string of the molecule is Cn1cc(CNCC2(CCO)CC2)c(C(C)(C)C)n1. The second kappa shape index (κ2) is 5.25. The van der Waals surface area contributed by atoms with Gasteiger partial charge in [0, 0.05) is 43.9 Å². The van der Waals surface area contributed by atoms with Crippen molar-refractivity contribution in [3.05, 3.63) is 17.5 Å². The lowest BCUT2D eigenvalue weighted by molar-refractivity contribution is 0.245. The summed E-state index contributed by atoms with van der Waals surface area (Å²) >= 11 is 0. The molecule has 1 aromatic heterocycles. The van der Waals surface area contributed by atoms with E-state index < -0.39 is 0 Å². The monoisotopic (exact) mass is 265 g/mol. The Bertz CT molecular complexity index is 427. The molecule has 0 amide bonds. The molecule has 0 aliphatic heterocycles. The highest BCUT2D eigenvalue weighted by Gasteiger charge is 2.41. The lowest BCUT2D eigenvalue weighted by Gasteiger charge is -2.19. The molecule has 0 radical (unpaired) electrons. The van der Waals surface area contributed by atoms with Crippen LogP contribution in [0.15, 0.2) is 6.20 Å². The maximum absolute atomic E-state index is 9.07. The molecular weight excluding hydrogens is 238 g/mol. The Kier molecular flexibility index (Phi) is 4.02. The predicted molar refractivity (Wildman–Crippen MR) is 77.0 cm³/mol. The van der Waals surface area contributed by atoms with Crippen molar-refractivity contribution in [2.75, 3.05) is 13.2 Å². The zero-order valence-corrected chi connectivity index (χ0v) is 12.7. The molecule has 2 N–H and O–H groups in total. The van der Waals surface area contributed by atoms with Gasteiger partial charge in [0.15, 0.2) is 0 Å². The van der Waals surface area contributed by atoms with Crippen molar-refractivity contribution in [3.8, 4) is 0 Å². The average molecular weight is 265 g/mol. The van der Waals surface area contributed by atoms with Crippen LogP contribution >= 0.6 is 0 Å². The van der Waals surface area contributed by atoms with Gasteiger partial charge < -0.3 is 10.4 Å². The Morgan fingerprint density at radius 1 is 1.42 bits per heavy atom. The number of aliphatic hydroxyl groups excluding tert-OH is 1. The van der Waals surface area contributed by atoms with Gasteiger partial charge in [0.1, 0.15) is 0 Å². The van der Waals surface area contributed by atoms with E-state index in [2.05, 4.69) is 37.4 Å². The summed E-state index contributed by atoms with van der Waals surface area (Å²) in [7, 11) is 1.98. The van der Waals surface area contributed by atoms with Gasteiger partial charge in [-0.25, -0.2) is 0 Å². The van der Waals surface area contributed by atoms with Gasteiger partial charge in [-0.15, -0.1) is 0 Å². The zero-order chi connectivity index (χ0) is 14.1. The van der Waals surface area contributed by atoms with Crippen LogP contribution in [0.25, 0.3) is 0 Å². The van der Waals surface area contributed by atoms with Crippen molar-refractivity contribution in [3.63, 3.8) is 0 Å². The Hall–Kier alpha value is -0.870. The normalized spacial score (nSPS) is 17.7. The molecule has 1 saturated carbocycles. The molecule has 2 rings (SSSR count). The molecule has 108 valence electrons. The summed E-state index contributed by atoms with van der Waals surface area (Å²) in [5, 5.41) is 17.2. The van der Waals surface area contributed by atoms with Crippen LogP contribution in [0.2, 0.25) is 0 Å². The summed E-state index contributed by atoms with van der Waals surface area (Å²) in [6.07, 6.45) is 5.54. The maximum atomic E-state index is 9.07. The Morgan fingerprint density at radius 2 is 2.11 bits per heavy atom. The predicted octanol–water partition coefficient (Wildman–Crippen LogP) is 1.97. The van der Waals surface area contributed by atoms with E-state index in [-0.39, 0.29) is 5.41 Å². The van der Waals surface area contributed by atoms with E-state index in [0.717, 1.165) is 19.5 Å². The van der Waals surface area contributed by atoms with Crippen LogP contribution in [-0.2, 0) is 19.0 Å².